The van der Waals surface area contributed by atoms with Crippen molar-refractivity contribution in [2.24, 2.45) is 0 Å². The number of thiophene rings is 1. The highest BCUT2D eigenvalue weighted by Crippen LogP contribution is 2.03. The van der Waals surface area contributed by atoms with Gasteiger partial charge in [-0.3, -0.25) is 9.59 Å². The zero-order chi connectivity index (χ0) is 15.0. The van der Waals surface area contributed by atoms with Crippen LogP contribution >= 0.6 is 11.3 Å². The molecule has 6 nitrogen and oxygen atoms in total. The van der Waals surface area contributed by atoms with E-state index >= 15 is 0 Å². The average molecular weight is 290 g/mol. The van der Waals surface area contributed by atoms with Gasteiger partial charge in [-0.25, -0.2) is 4.79 Å². The van der Waals surface area contributed by atoms with Gasteiger partial charge in [0.1, 0.15) is 0 Å². The maximum absolute atomic E-state index is 11.6. The Bertz CT molecular complexity index is 631. The summed E-state index contributed by atoms with van der Waals surface area (Å²) in [5.74, 6) is 2.18. The van der Waals surface area contributed by atoms with Gasteiger partial charge >= 0.3 is 11.7 Å². The van der Waals surface area contributed by atoms with Gasteiger partial charge in [0.05, 0.1) is 13.0 Å². The zero-order valence-corrected chi connectivity index (χ0v) is 11.4. The van der Waals surface area contributed by atoms with E-state index in [-0.39, 0.29) is 6.61 Å². The minimum Gasteiger partial charge on any atom is -0.457 e. The molecule has 0 fully saturated rings. The molecule has 1 rings (SSSR count). The molecule has 0 unspecified atom stereocenters. The van der Waals surface area contributed by atoms with Crippen molar-refractivity contribution in [3.63, 3.8) is 0 Å². The fourth-order valence-electron chi connectivity index (χ4n) is 1.16. The van der Waals surface area contributed by atoms with Crippen LogP contribution in [0.2, 0.25) is 0 Å². The minimum absolute atomic E-state index is 0.0248. The standard InChI is InChI=1S/C13H10N2O4S/c1-2-19-13(18)12(15-14)11(17)7-10(16)4-3-9-5-6-20-8-9/h5-6,8H,2,7H2,1H3. The molecular formula is C13H10N2O4S. The number of hydrogen-bond donors (Lipinski definition) is 0. The molecule has 0 saturated carbocycles. The normalized spacial score (nSPS) is 8.85. The van der Waals surface area contributed by atoms with E-state index < -0.39 is 29.7 Å². The summed E-state index contributed by atoms with van der Waals surface area (Å²) in [5, 5.41) is 3.55. The Morgan fingerprint density at radius 3 is 2.75 bits per heavy atom. The first kappa shape index (κ1) is 15.5. The third kappa shape index (κ3) is 4.61. The van der Waals surface area contributed by atoms with Gasteiger partial charge < -0.3 is 10.3 Å². The van der Waals surface area contributed by atoms with Gasteiger partial charge in [-0.1, -0.05) is 5.92 Å². The van der Waals surface area contributed by atoms with Crippen molar-refractivity contribution >= 4 is 34.6 Å². The van der Waals surface area contributed by atoms with Crippen LogP contribution in [0, 0.1) is 11.8 Å². The molecule has 1 heterocycles. The number of carbonyl (C=O) groups excluding carboxylic acids is 3. The first-order chi connectivity index (χ1) is 9.58. The molecule has 0 aliphatic heterocycles. The maximum atomic E-state index is 11.6. The molecule has 0 radical (unpaired) electrons. The predicted molar refractivity (Wildman–Crippen MR) is 71.1 cm³/mol. The van der Waals surface area contributed by atoms with Gasteiger partial charge in [0, 0.05) is 10.9 Å². The molecular weight excluding hydrogens is 280 g/mol. The minimum atomic E-state index is -1.07. The van der Waals surface area contributed by atoms with E-state index in [1.165, 1.54) is 18.3 Å². The highest BCUT2D eigenvalue weighted by atomic mass is 32.1. The van der Waals surface area contributed by atoms with Crippen LogP contribution in [0.15, 0.2) is 16.8 Å². The first-order valence-electron chi connectivity index (χ1n) is 5.58. The number of rotatable bonds is 5. The van der Waals surface area contributed by atoms with Crippen LogP contribution < -0.4 is 0 Å². The number of carbonyl (C=O) groups is 3. The molecule has 0 spiro atoms. The quantitative estimate of drug-likeness (QED) is 0.201. The third-order valence-corrected chi connectivity index (χ3v) is 2.70. The van der Waals surface area contributed by atoms with E-state index in [4.69, 9.17) is 5.53 Å². The summed E-state index contributed by atoms with van der Waals surface area (Å²) in [6, 6.07) is 1.73. The average Bonchev–Trinajstić information content (AvgIpc) is 2.90. The van der Waals surface area contributed by atoms with E-state index in [9.17, 15) is 14.4 Å². The zero-order valence-electron chi connectivity index (χ0n) is 10.6. The molecule has 0 bridgehead atoms. The van der Waals surface area contributed by atoms with E-state index in [0.29, 0.717) is 5.56 Å². The van der Waals surface area contributed by atoms with Crippen molar-refractivity contribution in [1.29, 1.82) is 0 Å². The highest BCUT2D eigenvalue weighted by molar-refractivity contribution is 7.08. The molecule has 1 aromatic heterocycles. The molecule has 20 heavy (non-hydrogen) atoms. The van der Waals surface area contributed by atoms with Gasteiger partial charge in [-0.05, 0) is 24.3 Å². The van der Waals surface area contributed by atoms with Gasteiger partial charge in [0.25, 0.3) is 5.78 Å². The molecule has 0 atom stereocenters. The lowest BCUT2D eigenvalue weighted by Gasteiger charge is -1.95. The molecule has 0 aliphatic rings. The molecule has 0 amide bonds. The molecule has 0 saturated heterocycles. The fourth-order valence-corrected chi connectivity index (χ4v) is 1.75. The summed E-state index contributed by atoms with van der Waals surface area (Å²) in [6.07, 6.45) is -0.644. The molecule has 0 aliphatic carbocycles. The summed E-state index contributed by atoms with van der Waals surface area (Å²) in [5.41, 5.74) is 8.46. The Balaban J connectivity index is 2.68. The lowest BCUT2D eigenvalue weighted by Crippen LogP contribution is -2.28. The number of Topliss-reactive ketones (excluding diaryl/α,β-unsaturated/α-hetero) is 2. The summed E-state index contributed by atoms with van der Waals surface area (Å²) in [6.45, 7) is 1.56. The number of esters is 1. The Morgan fingerprint density at radius 2 is 2.20 bits per heavy atom. The van der Waals surface area contributed by atoms with Crippen molar-refractivity contribution < 1.29 is 23.9 Å². The van der Waals surface area contributed by atoms with E-state index in [1.54, 1.807) is 16.8 Å². The second-order valence-electron chi connectivity index (χ2n) is 3.45. The molecule has 102 valence electrons. The molecule has 7 heteroatoms. The Morgan fingerprint density at radius 1 is 1.45 bits per heavy atom. The van der Waals surface area contributed by atoms with E-state index in [1.807, 2.05) is 0 Å². The van der Waals surface area contributed by atoms with Crippen LogP contribution in [0.5, 0.6) is 0 Å². The van der Waals surface area contributed by atoms with Gasteiger partial charge in [-0.15, -0.1) is 0 Å². The topological polar surface area (TPSA) is 96.8 Å². The first-order valence-corrected chi connectivity index (χ1v) is 6.52. The Hall–Kier alpha value is -2.55. The summed E-state index contributed by atoms with van der Waals surface area (Å²) < 4.78 is 4.52. The van der Waals surface area contributed by atoms with Crippen molar-refractivity contribution in [2.75, 3.05) is 6.61 Å². The van der Waals surface area contributed by atoms with Crippen LogP contribution in [0.4, 0.5) is 0 Å². The van der Waals surface area contributed by atoms with Crippen LogP contribution in [0.1, 0.15) is 18.9 Å². The smallest absolute Gasteiger partial charge is 0.441 e. The molecule has 0 N–H and O–H groups in total. The Kier molecular flexibility index (Phi) is 6.04. The maximum Gasteiger partial charge on any atom is 0.441 e. The lowest BCUT2D eigenvalue weighted by atomic mass is 10.1. The molecule has 0 aromatic carbocycles. The van der Waals surface area contributed by atoms with E-state index in [0.717, 1.165) is 0 Å². The van der Waals surface area contributed by atoms with Crippen molar-refractivity contribution in [3.05, 3.63) is 27.9 Å². The lowest BCUT2D eigenvalue weighted by molar-refractivity contribution is -0.141. The number of nitrogens with zero attached hydrogens (tertiary/aromatic N) is 2. The predicted octanol–water partition coefficient (Wildman–Crippen LogP) is 0.862. The van der Waals surface area contributed by atoms with Gasteiger partial charge in [0.15, 0.2) is 0 Å². The third-order valence-electron chi connectivity index (χ3n) is 2.02. The number of ketones is 2. The van der Waals surface area contributed by atoms with E-state index in [2.05, 4.69) is 21.4 Å². The fraction of sp³-hybridized carbons (Fsp3) is 0.231. The van der Waals surface area contributed by atoms with Crippen molar-refractivity contribution in [3.8, 4) is 11.8 Å². The second kappa shape index (κ2) is 7.79. The Labute approximate surface area is 119 Å². The summed E-state index contributed by atoms with van der Waals surface area (Å²) in [7, 11) is 0. The van der Waals surface area contributed by atoms with Crippen LogP contribution in [-0.2, 0) is 19.1 Å². The second-order valence-corrected chi connectivity index (χ2v) is 4.23. The SMILES string of the molecule is CCOC(=O)C(=[N+]=[N-])C(=O)CC(=O)C#Cc1ccsc1. The van der Waals surface area contributed by atoms with Gasteiger partial charge in [0.2, 0.25) is 5.78 Å². The van der Waals surface area contributed by atoms with Crippen LogP contribution in [-0.4, -0.2) is 34.6 Å². The van der Waals surface area contributed by atoms with Gasteiger partial charge in [-0.2, -0.15) is 16.1 Å². The molecule has 1 aromatic rings. The monoisotopic (exact) mass is 290 g/mol. The highest BCUT2D eigenvalue weighted by Gasteiger charge is 2.31. The number of ether oxygens (including phenoxy) is 1. The van der Waals surface area contributed by atoms with Crippen molar-refractivity contribution in [1.82, 2.24) is 0 Å². The van der Waals surface area contributed by atoms with Crippen molar-refractivity contribution in [2.45, 2.75) is 13.3 Å². The number of hydrogen-bond acceptors (Lipinski definition) is 5. The largest absolute Gasteiger partial charge is 0.457 e. The summed E-state index contributed by atoms with van der Waals surface area (Å²) >= 11 is 1.43. The summed E-state index contributed by atoms with van der Waals surface area (Å²) in [4.78, 5) is 36.9. The van der Waals surface area contributed by atoms with Crippen LogP contribution in [0.3, 0.4) is 0 Å². The van der Waals surface area contributed by atoms with Crippen LogP contribution in [0.25, 0.3) is 5.53 Å².